The first-order valence-corrected chi connectivity index (χ1v) is 8.96. The largest absolute Gasteiger partial charge is 0.494 e. The average Bonchev–Trinajstić information content (AvgIpc) is 2.96. The number of quaternary nitrogens is 1. The predicted octanol–water partition coefficient (Wildman–Crippen LogP) is -0.269. The molecule has 25 heavy (non-hydrogen) atoms. The van der Waals surface area contributed by atoms with E-state index in [0.717, 1.165) is 37.6 Å². The fourth-order valence-electron chi connectivity index (χ4n) is 3.30. The zero-order valence-electron chi connectivity index (χ0n) is 15.0. The molecule has 2 saturated heterocycles. The number of likely N-dealkylation sites (N-methyl/N-ethyl adjacent to an activating group) is 1. The normalized spacial score (nSPS) is 21.5. The molecular formula is C18H27N4O3+. The minimum absolute atomic E-state index is 0.0391. The third-order valence-corrected chi connectivity index (χ3v) is 4.82. The topological polar surface area (TPSA) is 66.3 Å². The second kappa shape index (κ2) is 7.74. The number of rotatable bonds is 4. The van der Waals surface area contributed by atoms with E-state index in [0.29, 0.717) is 19.6 Å². The minimum Gasteiger partial charge on any atom is -0.494 e. The van der Waals surface area contributed by atoms with Crippen molar-refractivity contribution >= 4 is 17.6 Å². The lowest BCUT2D eigenvalue weighted by Gasteiger charge is -2.31. The summed E-state index contributed by atoms with van der Waals surface area (Å²) in [6.45, 7) is 6.53. The lowest BCUT2D eigenvalue weighted by atomic mass is 10.2. The molecule has 1 aromatic rings. The summed E-state index contributed by atoms with van der Waals surface area (Å²) >= 11 is 0. The average molecular weight is 347 g/mol. The molecular weight excluding hydrogens is 320 g/mol. The Kier molecular flexibility index (Phi) is 5.43. The van der Waals surface area contributed by atoms with Gasteiger partial charge in [-0.15, -0.1) is 0 Å². The third-order valence-electron chi connectivity index (χ3n) is 4.82. The Balaban J connectivity index is 1.55. The Bertz CT molecular complexity index is 611. The number of carbonyl (C=O) groups excluding carboxylic acids is 2. The van der Waals surface area contributed by atoms with E-state index in [2.05, 4.69) is 12.4 Å². The molecule has 136 valence electrons. The van der Waals surface area contributed by atoms with Gasteiger partial charge >= 0.3 is 6.03 Å². The number of nitrogens with one attached hydrogen (secondary N) is 2. The number of urea groups is 1. The van der Waals surface area contributed by atoms with Crippen LogP contribution in [0, 0.1) is 0 Å². The maximum absolute atomic E-state index is 12.4. The summed E-state index contributed by atoms with van der Waals surface area (Å²) in [6.07, 6.45) is 0.345. The molecule has 7 heteroatoms. The van der Waals surface area contributed by atoms with E-state index in [1.165, 1.54) is 4.90 Å². The van der Waals surface area contributed by atoms with E-state index < -0.39 is 0 Å². The van der Waals surface area contributed by atoms with Crippen molar-refractivity contribution in [1.82, 2.24) is 10.2 Å². The molecule has 0 saturated carbocycles. The van der Waals surface area contributed by atoms with Crippen molar-refractivity contribution in [2.24, 2.45) is 0 Å². The van der Waals surface area contributed by atoms with E-state index in [1.807, 2.05) is 36.1 Å². The Labute approximate surface area is 148 Å². The molecule has 0 spiro atoms. The summed E-state index contributed by atoms with van der Waals surface area (Å²) in [5, 5.41) is 3.02. The lowest BCUT2D eigenvalue weighted by Crippen LogP contribution is -3.12. The van der Waals surface area contributed by atoms with Crippen molar-refractivity contribution in [1.29, 1.82) is 0 Å². The second-order valence-corrected chi connectivity index (χ2v) is 6.73. The van der Waals surface area contributed by atoms with Crippen LogP contribution < -0.4 is 19.9 Å². The van der Waals surface area contributed by atoms with Gasteiger partial charge in [-0.2, -0.15) is 0 Å². The smallest absolute Gasteiger partial charge is 0.318 e. The highest BCUT2D eigenvalue weighted by molar-refractivity contribution is 5.96. The fourth-order valence-corrected chi connectivity index (χ4v) is 3.30. The molecule has 0 unspecified atom stereocenters. The number of nitrogens with zero attached hydrogens (tertiary/aromatic N) is 2. The Morgan fingerprint density at radius 1 is 1.28 bits per heavy atom. The van der Waals surface area contributed by atoms with Crippen LogP contribution in [0.3, 0.4) is 0 Å². The molecule has 2 aliphatic heterocycles. The van der Waals surface area contributed by atoms with Crippen molar-refractivity contribution < 1.29 is 19.2 Å². The molecule has 2 N–H and O–H groups in total. The number of hydrogen-bond donors (Lipinski definition) is 2. The van der Waals surface area contributed by atoms with Crippen LogP contribution in [-0.4, -0.2) is 69.3 Å². The second-order valence-electron chi connectivity index (χ2n) is 6.73. The highest BCUT2D eigenvalue weighted by atomic mass is 16.5. The zero-order chi connectivity index (χ0) is 17.8. The van der Waals surface area contributed by atoms with Crippen LogP contribution in [0.1, 0.15) is 13.3 Å². The summed E-state index contributed by atoms with van der Waals surface area (Å²) in [4.78, 5) is 29.7. The quantitative estimate of drug-likeness (QED) is 0.788. The SMILES string of the molecule is CCOc1ccc(N2C[C@@H](NC(=O)N3CC[NH+](C)CC3)CC2=O)cc1. The molecule has 0 aromatic heterocycles. The first-order valence-electron chi connectivity index (χ1n) is 8.96. The summed E-state index contributed by atoms with van der Waals surface area (Å²) in [7, 11) is 2.14. The number of amides is 3. The fraction of sp³-hybridized carbons (Fsp3) is 0.556. The van der Waals surface area contributed by atoms with Crippen LogP contribution in [0.5, 0.6) is 5.75 Å². The van der Waals surface area contributed by atoms with Crippen molar-refractivity contribution in [2.75, 3.05) is 51.3 Å². The number of ether oxygens (including phenoxy) is 1. The molecule has 3 rings (SSSR count). The van der Waals surface area contributed by atoms with Crippen LogP contribution in [-0.2, 0) is 4.79 Å². The summed E-state index contributed by atoms with van der Waals surface area (Å²) in [5.74, 6) is 0.831. The van der Waals surface area contributed by atoms with Crippen LogP contribution in [0.2, 0.25) is 0 Å². The highest BCUT2D eigenvalue weighted by Gasteiger charge is 2.33. The Morgan fingerprint density at radius 3 is 2.60 bits per heavy atom. The Hall–Kier alpha value is -2.28. The molecule has 1 atom stereocenters. The van der Waals surface area contributed by atoms with Gasteiger partial charge in [0.25, 0.3) is 0 Å². The number of hydrogen-bond acceptors (Lipinski definition) is 3. The first kappa shape index (κ1) is 17.5. The van der Waals surface area contributed by atoms with Gasteiger partial charge in [-0.25, -0.2) is 4.79 Å². The summed E-state index contributed by atoms with van der Waals surface area (Å²) < 4.78 is 5.43. The van der Waals surface area contributed by atoms with Crippen LogP contribution in [0.25, 0.3) is 0 Å². The maximum atomic E-state index is 12.4. The van der Waals surface area contributed by atoms with Crippen LogP contribution in [0.4, 0.5) is 10.5 Å². The number of benzene rings is 1. The van der Waals surface area contributed by atoms with Gasteiger partial charge in [0.2, 0.25) is 5.91 Å². The maximum Gasteiger partial charge on any atom is 0.318 e. The molecule has 0 radical (unpaired) electrons. The lowest BCUT2D eigenvalue weighted by molar-refractivity contribution is -0.883. The molecule has 2 aliphatic rings. The van der Waals surface area contributed by atoms with E-state index >= 15 is 0 Å². The van der Waals surface area contributed by atoms with Gasteiger partial charge in [0.1, 0.15) is 5.75 Å². The van der Waals surface area contributed by atoms with E-state index in [-0.39, 0.29) is 18.0 Å². The van der Waals surface area contributed by atoms with E-state index in [9.17, 15) is 9.59 Å². The molecule has 7 nitrogen and oxygen atoms in total. The summed E-state index contributed by atoms with van der Waals surface area (Å²) in [5.41, 5.74) is 0.841. The third kappa shape index (κ3) is 4.22. The first-order chi connectivity index (χ1) is 12.1. The monoisotopic (exact) mass is 347 g/mol. The molecule has 0 aliphatic carbocycles. The van der Waals surface area contributed by atoms with Crippen molar-refractivity contribution in [2.45, 2.75) is 19.4 Å². The van der Waals surface area contributed by atoms with E-state index in [4.69, 9.17) is 4.74 Å². The van der Waals surface area contributed by atoms with Gasteiger partial charge in [0.15, 0.2) is 0 Å². The van der Waals surface area contributed by atoms with Gasteiger partial charge in [-0.1, -0.05) is 0 Å². The number of carbonyl (C=O) groups is 2. The molecule has 2 fully saturated rings. The van der Waals surface area contributed by atoms with Crippen molar-refractivity contribution in [3.8, 4) is 5.75 Å². The van der Waals surface area contributed by atoms with Gasteiger partial charge in [-0.3, -0.25) is 4.79 Å². The number of piperazine rings is 1. The van der Waals surface area contributed by atoms with Crippen molar-refractivity contribution in [3.05, 3.63) is 24.3 Å². The summed E-state index contributed by atoms with van der Waals surface area (Å²) in [6, 6.07) is 7.31. The zero-order valence-corrected chi connectivity index (χ0v) is 15.0. The Morgan fingerprint density at radius 2 is 1.96 bits per heavy atom. The standard InChI is InChI=1S/C18H26N4O3/c1-3-25-16-6-4-15(5-7-16)22-13-14(12-17(22)23)19-18(24)21-10-8-20(2)9-11-21/h4-7,14H,3,8-13H2,1-2H3,(H,19,24)/p+1/t14-/m0/s1. The molecule has 3 amide bonds. The van der Waals surface area contributed by atoms with Crippen LogP contribution >= 0.6 is 0 Å². The molecule has 0 bridgehead atoms. The van der Waals surface area contributed by atoms with Gasteiger partial charge in [0.05, 0.1) is 45.9 Å². The predicted molar refractivity (Wildman–Crippen MR) is 95.1 cm³/mol. The molecule has 2 heterocycles. The minimum atomic E-state index is -0.140. The van der Waals surface area contributed by atoms with Crippen LogP contribution in [0.15, 0.2) is 24.3 Å². The van der Waals surface area contributed by atoms with Gasteiger partial charge in [0, 0.05) is 18.7 Å². The van der Waals surface area contributed by atoms with Gasteiger partial charge < -0.3 is 24.8 Å². The number of anilines is 1. The molecule has 1 aromatic carbocycles. The van der Waals surface area contributed by atoms with Crippen molar-refractivity contribution in [3.63, 3.8) is 0 Å². The highest BCUT2D eigenvalue weighted by Crippen LogP contribution is 2.24. The van der Waals surface area contributed by atoms with E-state index in [1.54, 1.807) is 4.90 Å². The van der Waals surface area contributed by atoms with Gasteiger partial charge in [-0.05, 0) is 31.2 Å².